The Morgan fingerprint density at radius 2 is 2.16 bits per heavy atom. The van der Waals surface area contributed by atoms with Gasteiger partial charge in [0, 0.05) is 6.07 Å². The second-order valence-corrected chi connectivity index (χ2v) is 4.91. The molecule has 1 heterocycles. The summed E-state index contributed by atoms with van der Waals surface area (Å²) >= 11 is 5.82. The summed E-state index contributed by atoms with van der Waals surface area (Å²) in [5.41, 5.74) is -0.364. The van der Waals surface area contributed by atoms with E-state index in [1.807, 2.05) is 0 Å². The molecule has 0 bridgehead atoms. The predicted molar refractivity (Wildman–Crippen MR) is 68.3 cm³/mol. The summed E-state index contributed by atoms with van der Waals surface area (Å²) in [6.45, 7) is 3.17. The summed E-state index contributed by atoms with van der Waals surface area (Å²) in [6, 6.07) is 4.22. The maximum Gasteiger partial charge on any atom is 0.288 e. The predicted octanol–water partition coefficient (Wildman–Crippen LogP) is 2.06. The van der Waals surface area contributed by atoms with Gasteiger partial charge in [-0.25, -0.2) is 4.68 Å². The lowest BCUT2D eigenvalue weighted by atomic mass is 10.1. The summed E-state index contributed by atoms with van der Waals surface area (Å²) < 4.78 is 1.39. The average Bonchev–Trinajstić information content (AvgIpc) is 2.76. The molecule has 1 aromatic carbocycles. The fourth-order valence-corrected chi connectivity index (χ4v) is 1.70. The zero-order valence-corrected chi connectivity index (χ0v) is 11.0. The van der Waals surface area contributed by atoms with Crippen LogP contribution in [0.2, 0.25) is 5.02 Å². The van der Waals surface area contributed by atoms with Crippen LogP contribution in [0.15, 0.2) is 24.4 Å². The largest absolute Gasteiger partial charge is 0.384 e. The molecule has 1 aromatic heterocycles. The van der Waals surface area contributed by atoms with Crippen molar-refractivity contribution in [3.8, 4) is 5.69 Å². The van der Waals surface area contributed by atoms with Crippen LogP contribution < -0.4 is 0 Å². The molecule has 8 heteroatoms. The van der Waals surface area contributed by atoms with Gasteiger partial charge in [0.15, 0.2) is 0 Å². The highest BCUT2D eigenvalue weighted by atomic mass is 35.5. The zero-order valence-electron chi connectivity index (χ0n) is 10.2. The lowest BCUT2D eigenvalue weighted by Crippen LogP contribution is -2.15. The summed E-state index contributed by atoms with van der Waals surface area (Å²) in [5, 5.41) is 28.1. The standard InChI is InChI=1S/C11H11ClN4O3/c1-11(2,17)10-6-15(14-13-10)7-3-4-9(16(18)19)8(12)5-7/h3-6,17H,1-2H3. The maximum absolute atomic E-state index is 10.7. The van der Waals surface area contributed by atoms with Crippen molar-refractivity contribution in [3.05, 3.63) is 45.2 Å². The van der Waals surface area contributed by atoms with E-state index in [1.165, 1.54) is 29.1 Å². The maximum atomic E-state index is 10.7. The highest BCUT2D eigenvalue weighted by Gasteiger charge is 2.21. The third-order valence-electron chi connectivity index (χ3n) is 2.51. The van der Waals surface area contributed by atoms with Crippen molar-refractivity contribution in [2.75, 3.05) is 0 Å². The average molecular weight is 283 g/mol. The molecule has 0 saturated heterocycles. The van der Waals surface area contributed by atoms with Crippen LogP contribution in [-0.2, 0) is 5.60 Å². The molecular weight excluding hydrogens is 272 g/mol. The van der Waals surface area contributed by atoms with Gasteiger partial charge in [0.05, 0.1) is 16.8 Å². The summed E-state index contributed by atoms with van der Waals surface area (Å²) in [5.74, 6) is 0. The number of halogens is 1. The normalized spacial score (nSPS) is 11.6. The van der Waals surface area contributed by atoms with Gasteiger partial charge >= 0.3 is 0 Å². The smallest absolute Gasteiger partial charge is 0.288 e. The van der Waals surface area contributed by atoms with Gasteiger partial charge in [-0.2, -0.15) is 0 Å². The van der Waals surface area contributed by atoms with E-state index in [0.717, 1.165) is 0 Å². The molecular formula is C11H11ClN4O3. The van der Waals surface area contributed by atoms with E-state index in [4.69, 9.17) is 11.6 Å². The fraction of sp³-hybridized carbons (Fsp3) is 0.273. The first kappa shape index (κ1) is 13.4. The molecule has 19 heavy (non-hydrogen) atoms. The highest BCUT2D eigenvalue weighted by molar-refractivity contribution is 6.32. The number of nitro benzene ring substituents is 1. The van der Waals surface area contributed by atoms with E-state index in [2.05, 4.69) is 10.3 Å². The lowest BCUT2D eigenvalue weighted by molar-refractivity contribution is -0.384. The Kier molecular flexibility index (Phi) is 3.25. The van der Waals surface area contributed by atoms with Gasteiger partial charge in [0.25, 0.3) is 5.69 Å². The molecule has 0 aliphatic rings. The number of nitrogens with zero attached hydrogens (tertiary/aromatic N) is 4. The van der Waals surface area contributed by atoms with E-state index in [-0.39, 0.29) is 10.7 Å². The van der Waals surface area contributed by atoms with Crippen molar-refractivity contribution in [1.29, 1.82) is 0 Å². The van der Waals surface area contributed by atoms with Crippen molar-refractivity contribution in [2.45, 2.75) is 19.4 Å². The Bertz CT molecular complexity index is 633. The zero-order chi connectivity index (χ0) is 14.2. The summed E-state index contributed by atoms with van der Waals surface area (Å²) in [7, 11) is 0. The van der Waals surface area contributed by atoms with Crippen LogP contribution in [0.25, 0.3) is 5.69 Å². The number of aromatic nitrogens is 3. The van der Waals surface area contributed by atoms with Crippen molar-refractivity contribution < 1.29 is 10.0 Å². The van der Waals surface area contributed by atoms with Crippen LogP contribution in [0.5, 0.6) is 0 Å². The number of aliphatic hydroxyl groups is 1. The molecule has 7 nitrogen and oxygen atoms in total. The topological polar surface area (TPSA) is 94.1 Å². The van der Waals surface area contributed by atoms with E-state index in [1.54, 1.807) is 13.8 Å². The SMILES string of the molecule is CC(C)(O)c1cn(-c2ccc([N+](=O)[O-])c(Cl)c2)nn1. The minimum absolute atomic E-state index is 0.0165. The molecule has 0 atom stereocenters. The Morgan fingerprint density at radius 3 is 2.63 bits per heavy atom. The molecule has 0 spiro atoms. The first-order valence-corrected chi connectivity index (χ1v) is 5.76. The Labute approximate surface area is 113 Å². The third-order valence-corrected chi connectivity index (χ3v) is 2.82. The van der Waals surface area contributed by atoms with Crippen LogP contribution in [0.4, 0.5) is 5.69 Å². The molecule has 0 radical (unpaired) electrons. The molecule has 2 rings (SSSR count). The number of hydrogen-bond acceptors (Lipinski definition) is 5. The molecule has 0 fully saturated rings. The van der Waals surface area contributed by atoms with Crippen LogP contribution in [0, 0.1) is 10.1 Å². The highest BCUT2D eigenvalue weighted by Crippen LogP contribution is 2.26. The Hall–Kier alpha value is -1.99. The molecule has 0 unspecified atom stereocenters. The molecule has 100 valence electrons. The summed E-state index contributed by atoms with van der Waals surface area (Å²) in [4.78, 5) is 10.1. The van der Waals surface area contributed by atoms with Crippen LogP contribution in [0.3, 0.4) is 0 Å². The molecule has 0 aliphatic heterocycles. The van der Waals surface area contributed by atoms with E-state index >= 15 is 0 Å². The first-order chi connectivity index (χ1) is 8.79. The summed E-state index contributed by atoms with van der Waals surface area (Å²) in [6.07, 6.45) is 1.54. The molecule has 0 aliphatic carbocycles. The van der Waals surface area contributed by atoms with E-state index < -0.39 is 10.5 Å². The minimum Gasteiger partial charge on any atom is -0.384 e. The van der Waals surface area contributed by atoms with Crippen molar-refractivity contribution >= 4 is 17.3 Å². The van der Waals surface area contributed by atoms with Gasteiger partial charge < -0.3 is 5.11 Å². The lowest BCUT2D eigenvalue weighted by Gasteiger charge is -2.11. The Morgan fingerprint density at radius 1 is 1.47 bits per heavy atom. The number of rotatable bonds is 3. The number of hydrogen-bond donors (Lipinski definition) is 1. The van der Waals surface area contributed by atoms with E-state index in [0.29, 0.717) is 11.4 Å². The number of nitro groups is 1. The van der Waals surface area contributed by atoms with Gasteiger partial charge in [0.1, 0.15) is 16.3 Å². The second-order valence-electron chi connectivity index (χ2n) is 4.50. The quantitative estimate of drug-likeness (QED) is 0.687. The van der Waals surface area contributed by atoms with Crippen molar-refractivity contribution in [2.24, 2.45) is 0 Å². The van der Waals surface area contributed by atoms with Gasteiger partial charge in [-0.15, -0.1) is 5.10 Å². The van der Waals surface area contributed by atoms with Gasteiger partial charge in [-0.1, -0.05) is 16.8 Å². The molecule has 0 saturated carbocycles. The van der Waals surface area contributed by atoms with Crippen LogP contribution in [-0.4, -0.2) is 25.0 Å². The van der Waals surface area contributed by atoms with Crippen molar-refractivity contribution in [3.63, 3.8) is 0 Å². The first-order valence-electron chi connectivity index (χ1n) is 5.38. The van der Waals surface area contributed by atoms with E-state index in [9.17, 15) is 15.2 Å². The molecule has 0 amide bonds. The van der Waals surface area contributed by atoms with Gasteiger partial charge in [-0.05, 0) is 26.0 Å². The number of benzene rings is 1. The van der Waals surface area contributed by atoms with Crippen LogP contribution in [0.1, 0.15) is 19.5 Å². The monoisotopic (exact) mass is 282 g/mol. The third kappa shape index (κ3) is 2.72. The van der Waals surface area contributed by atoms with Crippen molar-refractivity contribution in [1.82, 2.24) is 15.0 Å². The van der Waals surface area contributed by atoms with Gasteiger partial charge in [0.2, 0.25) is 0 Å². The molecule has 2 aromatic rings. The van der Waals surface area contributed by atoms with Gasteiger partial charge in [-0.3, -0.25) is 10.1 Å². The Balaban J connectivity index is 2.40. The van der Waals surface area contributed by atoms with Crippen LogP contribution >= 0.6 is 11.6 Å². The second kappa shape index (κ2) is 4.60. The minimum atomic E-state index is -1.11. The molecule has 1 N–H and O–H groups in total. The fourth-order valence-electron chi connectivity index (χ4n) is 1.46.